The largest absolute Gasteiger partial charge is 0.463 e. The lowest BCUT2D eigenvalue weighted by Crippen LogP contribution is -2.19. The Hall–Kier alpha value is -1.88. The van der Waals surface area contributed by atoms with Gasteiger partial charge in [-0.3, -0.25) is 4.79 Å². The van der Waals surface area contributed by atoms with Gasteiger partial charge < -0.3 is 10.8 Å². The maximum atomic E-state index is 12.4. The Morgan fingerprint density at radius 3 is 2.59 bits per heavy atom. The molecule has 2 saturated carbocycles. The van der Waals surface area contributed by atoms with Crippen LogP contribution in [0, 0.1) is 11.8 Å². The normalized spacial score (nSPS) is 25.6. The highest BCUT2D eigenvalue weighted by molar-refractivity contribution is 6.32. The molecule has 1 aromatic rings. The fraction of sp³-hybridized carbons (Fsp3) is 0.438. The lowest BCUT2D eigenvalue weighted by Gasteiger charge is -2.12. The number of halogens is 1. The van der Waals surface area contributed by atoms with Gasteiger partial charge in [-0.2, -0.15) is 4.99 Å². The van der Waals surface area contributed by atoms with E-state index in [9.17, 15) is 9.59 Å². The van der Waals surface area contributed by atoms with Crippen LogP contribution >= 0.6 is 11.6 Å². The summed E-state index contributed by atoms with van der Waals surface area (Å²) < 4.78 is 0. The van der Waals surface area contributed by atoms with Gasteiger partial charge in [0.2, 0.25) is 0 Å². The first kappa shape index (κ1) is 15.0. The van der Waals surface area contributed by atoms with Gasteiger partial charge in [0.05, 0.1) is 0 Å². The number of aliphatic imine (C=N–C) groups is 1. The van der Waals surface area contributed by atoms with E-state index >= 15 is 0 Å². The highest BCUT2D eigenvalue weighted by Crippen LogP contribution is 2.50. The fourth-order valence-corrected chi connectivity index (χ4v) is 3.24. The first-order chi connectivity index (χ1) is 10.3. The van der Waals surface area contributed by atoms with Crippen molar-refractivity contribution in [3.63, 3.8) is 0 Å². The van der Waals surface area contributed by atoms with Gasteiger partial charge in [-0.25, -0.2) is 4.79 Å². The zero-order valence-corrected chi connectivity index (χ0v) is 12.9. The topological polar surface area (TPSA) is 92.8 Å². The Balaban J connectivity index is 1.74. The molecule has 0 bridgehead atoms. The highest BCUT2D eigenvalue weighted by atomic mass is 35.5. The first-order valence-corrected chi connectivity index (χ1v) is 7.61. The van der Waals surface area contributed by atoms with E-state index in [2.05, 4.69) is 11.9 Å². The molecule has 0 radical (unpaired) electrons. The average molecular weight is 321 g/mol. The summed E-state index contributed by atoms with van der Waals surface area (Å²) in [5.74, 6) is -0.605. The number of amidine groups is 1. The summed E-state index contributed by atoms with van der Waals surface area (Å²) in [5.41, 5.74) is 7.39. The lowest BCUT2D eigenvalue weighted by atomic mass is 9.95. The molecule has 0 aromatic heterocycles. The van der Waals surface area contributed by atoms with E-state index in [-0.39, 0.29) is 28.9 Å². The van der Waals surface area contributed by atoms with E-state index in [0.29, 0.717) is 17.0 Å². The quantitative estimate of drug-likeness (QED) is 0.506. The smallest absolute Gasteiger partial charge is 0.432 e. The zero-order chi connectivity index (χ0) is 16.1. The van der Waals surface area contributed by atoms with Crippen LogP contribution < -0.4 is 5.73 Å². The highest BCUT2D eigenvalue weighted by Gasteiger charge is 2.46. The number of benzene rings is 1. The van der Waals surface area contributed by atoms with Gasteiger partial charge in [-0.05, 0) is 36.3 Å². The number of amides is 1. The summed E-state index contributed by atoms with van der Waals surface area (Å²) >= 11 is 6.31. The molecule has 2 unspecified atom stereocenters. The maximum Gasteiger partial charge on any atom is 0.432 e. The summed E-state index contributed by atoms with van der Waals surface area (Å²) in [5, 5.41) is 9.20. The lowest BCUT2D eigenvalue weighted by molar-refractivity contribution is 0.0964. The van der Waals surface area contributed by atoms with Crippen LogP contribution in [0.4, 0.5) is 4.79 Å². The molecule has 0 saturated heterocycles. The van der Waals surface area contributed by atoms with Gasteiger partial charge in [0.15, 0.2) is 5.78 Å². The van der Waals surface area contributed by atoms with Crippen molar-refractivity contribution >= 4 is 29.3 Å². The predicted octanol–water partition coefficient (Wildman–Crippen LogP) is 3.25. The SMILES string of the molecule is CC1(c2ccc(C(=O)C3CC3C(N)=NC(=O)O)cc2Cl)CC1. The number of carbonyl (C=O) groups excluding carboxylic acids is 1. The van der Waals surface area contributed by atoms with Crippen LogP contribution in [0.2, 0.25) is 5.02 Å². The molecule has 6 heteroatoms. The molecule has 0 spiro atoms. The van der Waals surface area contributed by atoms with Gasteiger partial charge in [-0.15, -0.1) is 0 Å². The number of nitrogens with zero attached hydrogens (tertiary/aromatic N) is 1. The molecular weight excluding hydrogens is 304 g/mol. The Morgan fingerprint density at radius 2 is 2.05 bits per heavy atom. The molecule has 3 N–H and O–H groups in total. The van der Waals surface area contributed by atoms with Crippen molar-refractivity contribution in [3.8, 4) is 0 Å². The second kappa shape index (κ2) is 5.09. The molecule has 1 amide bonds. The molecule has 0 heterocycles. The van der Waals surface area contributed by atoms with Crippen molar-refractivity contribution in [1.29, 1.82) is 0 Å². The average Bonchev–Trinajstić information content (AvgIpc) is 3.32. The third-order valence-corrected chi connectivity index (χ3v) is 4.95. The van der Waals surface area contributed by atoms with E-state index in [1.807, 2.05) is 6.07 Å². The molecule has 0 aliphatic heterocycles. The second-order valence-corrected chi connectivity index (χ2v) is 6.79. The summed E-state index contributed by atoms with van der Waals surface area (Å²) in [4.78, 5) is 26.2. The number of carboxylic acid groups (broad SMARTS) is 1. The predicted molar refractivity (Wildman–Crippen MR) is 83.6 cm³/mol. The van der Waals surface area contributed by atoms with Crippen molar-refractivity contribution in [2.45, 2.75) is 31.6 Å². The van der Waals surface area contributed by atoms with E-state index < -0.39 is 6.09 Å². The van der Waals surface area contributed by atoms with Crippen molar-refractivity contribution in [3.05, 3.63) is 34.3 Å². The van der Waals surface area contributed by atoms with Gasteiger partial charge in [0, 0.05) is 22.4 Å². The Bertz CT molecular complexity index is 695. The van der Waals surface area contributed by atoms with Gasteiger partial charge in [-0.1, -0.05) is 30.7 Å². The van der Waals surface area contributed by atoms with Crippen LogP contribution in [-0.4, -0.2) is 22.8 Å². The van der Waals surface area contributed by atoms with E-state index in [1.54, 1.807) is 12.1 Å². The van der Waals surface area contributed by atoms with E-state index in [4.69, 9.17) is 22.4 Å². The maximum absolute atomic E-state index is 12.4. The number of carbonyl (C=O) groups is 2. The van der Waals surface area contributed by atoms with Crippen LogP contribution in [0.3, 0.4) is 0 Å². The molecule has 2 atom stereocenters. The molecule has 3 rings (SSSR count). The van der Waals surface area contributed by atoms with Crippen LogP contribution in [0.25, 0.3) is 0 Å². The minimum Gasteiger partial charge on any atom is -0.463 e. The first-order valence-electron chi connectivity index (χ1n) is 7.23. The fourth-order valence-electron chi connectivity index (χ4n) is 2.83. The third kappa shape index (κ3) is 2.73. The second-order valence-electron chi connectivity index (χ2n) is 6.39. The molecule has 2 fully saturated rings. The van der Waals surface area contributed by atoms with Gasteiger partial charge in [0.1, 0.15) is 5.84 Å². The van der Waals surface area contributed by atoms with Crippen LogP contribution in [-0.2, 0) is 5.41 Å². The molecule has 22 heavy (non-hydrogen) atoms. The van der Waals surface area contributed by atoms with Crippen LogP contribution in [0.1, 0.15) is 42.1 Å². The van der Waals surface area contributed by atoms with Crippen LogP contribution in [0.15, 0.2) is 23.2 Å². The number of Topliss-reactive ketones (excluding diaryl/α,β-unsaturated/α-hetero) is 1. The van der Waals surface area contributed by atoms with Crippen LogP contribution in [0.5, 0.6) is 0 Å². The van der Waals surface area contributed by atoms with Crippen molar-refractivity contribution in [2.75, 3.05) is 0 Å². The van der Waals surface area contributed by atoms with Gasteiger partial charge in [0.25, 0.3) is 0 Å². The number of nitrogens with two attached hydrogens (primary N) is 1. The Labute approximate surface area is 133 Å². The number of rotatable bonds is 4. The van der Waals surface area contributed by atoms with E-state index in [0.717, 1.165) is 18.4 Å². The molecule has 5 nitrogen and oxygen atoms in total. The number of hydrogen-bond donors (Lipinski definition) is 2. The molecule has 2 aliphatic rings. The minimum atomic E-state index is -1.33. The molecule has 116 valence electrons. The van der Waals surface area contributed by atoms with Crippen molar-refractivity contribution in [2.24, 2.45) is 22.6 Å². The zero-order valence-electron chi connectivity index (χ0n) is 12.2. The number of hydrogen-bond acceptors (Lipinski definition) is 2. The minimum absolute atomic E-state index is 0.0130. The number of ketones is 1. The molecule has 1 aromatic carbocycles. The third-order valence-electron chi connectivity index (χ3n) is 4.64. The summed E-state index contributed by atoms with van der Waals surface area (Å²) in [6, 6.07) is 5.43. The standard InChI is InChI=1S/C16H17ClN2O3/c1-16(4-5-16)11-3-2-8(6-12(11)17)13(20)9-7-10(9)14(18)19-15(21)22/h2-3,6,9-10H,4-5,7H2,1H3,(H2,18,19)(H,21,22). The Kier molecular flexibility index (Phi) is 3.48. The molecule has 2 aliphatic carbocycles. The monoisotopic (exact) mass is 320 g/mol. The summed E-state index contributed by atoms with van der Waals surface area (Å²) in [6.07, 6.45) is 1.44. The summed E-state index contributed by atoms with van der Waals surface area (Å²) in [6.45, 7) is 2.16. The van der Waals surface area contributed by atoms with Gasteiger partial charge >= 0.3 is 6.09 Å². The summed E-state index contributed by atoms with van der Waals surface area (Å²) in [7, 11) is 0. The molecular formula is C16H17ClN2O3. The van der Waals surface area contributed by atoms with E-state index in [1.165, 1.54) is 0 Å². The Morgan fingerprint density at radius 1 is 1.36 bits per heavy atom. The van der Waals surface area contributed by atoms with Crippen molar-refractivity contribution in [1.82, 2.24) is 0 Å². The van der Waals surface area contributed by atoms with Crippen molar-refractivity contribution < 1.29 is 14.7 Å².